The van der Waals surface area contributed by atoms with Crippen molar-refractivity contribution in [3.63, 3.8) is 0 Å². The summed E-state index contributed by atoms with van der Waals surface area (Å²) >= 11 is 0. The van der Waals surface area contributed by atoms with Crippen LogP contribution in [0.15, 0.2) is 48.8 Å². The maximum absolute atomic E-state index is 13.0. The van der Waals surface area contributed by atoms with Gasteiger partial charge in [0.05, 0.1) is 19.1 Å². The molecule has 1 aromatic heterocycles. The predicted molar refractivity (Wildman–Crippen MR) is 122 cm³/mol. The van der Waals surface area contributed by atoms with Crippen LogP contribution in [0.25, 0.3) is 0 Å². The SMILES string of the molecule is CCOC(=O)CC(NC(=O)N1CCCC(Cc2ccc(C(=N)N)cc2)C1)c1cccnc1. The normalized spacial score (nSPS) is 16.8. The molecule has 8 heteroatoms. The number of nitrogens with zero attached hydrogens (tertiary/aromatic N) is 2. The Morgan fingerprint density at radius 2 is 2.09 bits per heavy atom. The minimum atomic E-state index is -0.491. The smallest absolute Gasteiger partial charge is 0.317 e. The fourth-order valence-electron chi connectivity index (χ4n) is 4.03. The zero-order valence-corrected chi connectivity index (χ0v) is 18.4. The number of amidine groups is 1. The van der Waals surface area contributed by atoms with Crippen LogP contribution >= 0.6 is 0 Å². The van der Waals surface area contributed by atoms with Gasteiger partial charge < -0.3 is 20.7 Å². The number of hydrogen-bond acceptors (Lipinski definition) is 5. The number of carbonyl (C=O) groups excluding carboxylic acids is 2. The summed E-state index contributed by atoms with van der Waals surface area (Å²) in [6.45, 7) is 3.40. The van der Waals surface area contributed by atoms with Gasteiger partial charge in [-0.05, 0) is 49.3 Å². The molecular weight excluding hydrogens is 406 g/mol. The maximum Gasteiger partial charge on any atom is 0.317 e. The molecule has 1 aromatic carbocycles. The van der Waals surface area contributed by atoms with Crippen molar-refractivity contribution >= 4 is 17.8 Å². The van der Waals surface area contributed by atoms with Crippen LogP contribution in [0, 0.1) is 11.3 Å². The van der Waals surface area contributed by atoms with E-state index in [1.807, 2.05) is 35.2 Å². The summed E-state index contributed by atoms with van der Waals surface area (Å²) in [5, 5.41) is 10.5. The van der Waals surface area contributed by atoms with Gasteiger partial charge >= 0.3 is 12.0 Å². The van der Waals surface area contributed by atoms with Crippen molar-refractivity contribution in [3.8, 4) is 0 Å². The van der Waals surface area contributed by atoms with Crippen LogP contribution in [-0.4, -0.2) is 47.4 Å². The van der Waals surface area contributed by atoms with E-state index >= 15 is 0 Å². The molecular formula is C24H31N5O3. The van der Waals surface area contributed by atoms with Crippen LogP contribution in [0.3, 0.4) is 0 Å². The van der Waals surface area contributed by atoms with Crippen molar-refractivity contribution in [2.24, 2.45) is 11.7 Å². The molecule has 2 unspecified atom stereocenters. The van der Waals surface area contributed by atoms with Crippen molar-refractivity contribution < 1.29 is 14.3 Å². The lowest BCUT2D eigenvalue weighted by Crippen LogP contribution is -2.47. The highest BCUT2D eigenvalue weighted by Crippen LogP contribution is 2.23. The van der Waals surface area contributed by atoms with Gasteiger partial charge in [0, 0.05) is 31.0 Å². The Balaban J connectivity index is 1.62. The zero-order valence-electron chi connectivity index (χ0n) is 18.4. The van der Waals surface area contributed by atoms with E-state index in [2.05, 4.69) is 10.3 Å². The monoisotopic (exact) mass is 437 g/mol. The third-order valence-electron chi connectivity index (χ3n) is 5.66. The van der Waals surface area contributed by atoms with Crippen molar-refractivity contribution in [1.82, 2.24) is 15.2 Å². The van der Waals surface area contributed by atoms with Crippen LogP contribution in [-0.2, 0) is 16.0 Å². The molecule has 1 saturated heterocycles. The van der Waals surface area contributed by atoms with Crippen molar-refractivity contribution in [2.75, 3.05) is 19.7 Å². The standard InChI is InChI=1S/C24H31N5O3/c1-2-32-22(30)14-21(20-6-3-11-27-15-20)28-24(31)29-12-4-5-18(16-29)13-17-7-9-19(10-8-17)23(25)26/h3,6-11,15,18,21H,2,4-5,12-14,16H2,1H3,(H3,25,26)(H,28,31). The Morgan fingerprint density at radius 1 is 1.31 bits per heavy atom. The Labute approximate surface area is 188 Å². The van der Waals surface area contributed by atoms with E-state index in [1.54, 1.807) is 25.4 Å². The summed E-state index contributed by atoms with van der Waals surface area (Å²) < 4.78 is 5.08. The van der Waals surface area contributed by atoms with E-state index in [0.29, 0.717) is 31.2 Å². The maximum atomic E-state index is 13.0. The van der Waals surface area contributed by atoms with Gasteiger partial charge in [-0.3, -0.25) is 15.2 Å². The van der Waals surface area contributed by atoms with Crippen LogP contribution in [0.5, 0.6) is 0 Å². The third-order valence-corrected chi connectivity index (χ3v) is 5.66. The lowest BCUT2D eigenvalue weighted by atomic mass is 9.91. The molecule has 4 N–H and O–H groups in total. The molecule has 0 aliphatic carbocycles. The number of hydrogen-bond donors (Lipinski definition) is 3. The average Bonchev–Trinajstić information content (AvgIpc) is 2.80. The highest BCUT2D eigenvalue weighted by molar-refractivity contribution is 5.94. The number of piperidine rings is 1. The highest BCUT2D eigenvalue weighted by atomic mass is 16.5. The average molecular weight is 438 g/mol. The molecule has 2 aromatic rings. The van der Waals surface area contributed by atoms with Crippen molar-refractivity contribution in [2.45, 2.75) is 38.6 Å². The number of nitrogen functional groups attached to an aromatic ring is 1. The molecule has 1 aliphatic heterocycles. The first-order chi connectivity index (χ1) is 15.5. The minimum absolute atomic E-state index is 0.0584. The quantitative estimate of drug-likeness (QED) is 0.333. The molecule has 1 aliphatic rings. The Kier molecular flexibility index (Phi) is 8.19. The molecule has 2 heterocycles. The van der Waals surface area contributed by atoms with Crippen LogP contribution < -0.4 is 11.1 Å². The van der Waals surface area contributed by atoms with Crippen LogP contribution in [0.1, 0.15) is 48.9 Å². The third kappa shape index (κ3) is 6.54. The van der Waals surface area contributed by atoms with E-state index < -0.39 is 6.04 Å². The Morgan fingerprint density at radius 3 is 2.75 bits per heavy atom. The van der Waals surface area contributed by atoms with Crippen molar-refractivity contribution in [1.29, 1.82) is 5.41 Å². The summed E-state index contributed by atoms with van der Waals surface area (Å²) in [5.41, 5.74) is 8.17. The van der Waals surface area contributed by atoms with Gasteiger partial charge in [-0.15, -0.1) is 0 Å². The van der Waals surface area contributed by atoms with Gasteiger partial charge in [0.2, 0.25) is 0 Å². The molecule has 2 amide bonds. The number of ether oxygens (including phenoxy) is 1. The van der Waals surface area contributed by atoms with Gasteiger partial charge in [-0.1, -0.05) is 30.3 Å². The highest BCUT2D eigenvalue weighted by Gasteiger charge is 2.27. The van der Waals surface area contributed by atoms with Gasteiger partial charge in [0.25, 0.3) is 0 Å². The lowest BCUT2D eigenvalue weighted by molar-refractivity contribution is -0.143. The number of amides is 2. The topological polar surface area (TPSA) is 121 Å². The van der Waals surface area contributed by atoms with Crippen LogP contribution in [0.2, 0.25) is 0 Å². The molecule has 1 fully saturated rings. The van der Waals surface area contributed by atoms with E-state index in [9.17, 15) is 9.59 Å². The largest absolute Gasteiger partial charge is 0.466 e. The molecule has 0 saturated carbocycles. The number of likely N-dealkylation sites (tertiary alicyclic amines) is 1. The number of aromatic nitrogens is 1. The minimum Gasteiger partial charge on any atom is -0.466 e. The second-order valence-corrected chi connectivity index (χ2v) is 8.07. The number of pyridine rings is 1. The molecule has 3 rings (SSSR count). The van der Waals surface area contributed by atoms with E-state index in [-0.39, 0.29) is 24.3 Å². The fourth-order valence-corrected chi connectivity index (χ4v) is 4.03. The van der Waals surface area contributed by atoms with Crippen molar-refractivity contribution in [3.05, 3.63) is 65.5 Å². The molecule has 0 bridgehead atoms. The molecule has 2 atom stereocenters. The first-order valence-corrected chi connectivity index (χ1v) is 11.0. The number of benzene rings is 1. The Hall–Kier alpha value is -3.42. The first-order valence-electron chi connectivity index (χ1n) is 11.0. The molecule has 0 spiro atoms. The second-order valence-electron chi connectivity index (χ2n) is 8.07. The van der Waals surface area contributed by atoms with E-state index in [1.165, 1.54) is 0 Å². The summed E-state index contributed by atoms with van der Waals surface area (Å²) in [4.78, 5) is 31.1. The van der Waals surface area contributed by atoms with Gasteiger partial charge in [-0.2, -0.15) is 0 Å². The lowest BCUT2D eigenvalue weighted by Gasteiger charge is -2.34. The number of nitrogens with two attached hydrogens (primary N) is 1. The number of rotatable bonds is 8. The van der Waals surface area contributed by atoms with Gasteiger partial charge in [0.1, 0.15) is 5.84 Å². The predicted octanol–water partition coefficient (Wildman–Crippen LogP) is 3.02. The molecule has 0 radical (unpaired) electrons. The zero-order chi connectivity index (χ0) is 22.9. The van der Waals surface area contributed by atoms with Gasteiger partial charge in [0.15, 0.2) is 0 Å². The molecule has 170 valence electrons. The summed E-state index contributed by atoms with van der Waals surface area (Å²) in [5.74, 6) is 0.0507. The molecule has 8 nitrogen and oxygen atoms in total. The first kappa shape index (κ1) is 23.2. The van der Waals surface area contributed by atoms with Gasteiger partial charge in [-0.25, -0.2) is 4.79 Å². The fraction of sp³-hybridized carbons (Fsp3) is 0.417. The molecule has 32 heavy (non-hydrogen) atoms. The number of carbonyl (C=O) groups is 2. The van der Waals surface area contributed by atoms with Crippen LogP contribution in [0.4, 0.5) is 4.79 Å². The summed E-state index contributed by atoms with van der Waals surface area (Å²) in [6, 6.07) is 10.7. The number of nitrogens with one attached hydrogen (secondary N) is 2. The van der Waals surface area contributed by atoms with E-state index in [0.717, 1.165) is 30.4 Å². The second kappa shape index (κ2) is 11.3. The summed E-state index contributed by atoms with van der Waals surface area (Å²) in [6.07, 6.45) is 6.22. The Bertz CT molecular complexity index is 917. The number of urea groups is 1. The van der Waals surface area contributed by atoms with E-state index in [4.69, 9.17) is 15.9 Å². The summed E-state index contributed by atoms with van der Waals surface area (Å²) in [7, 11) is 0. The number of esters is 1.